The highest BCUT2D eigenvalue weighted by atomic mass is 15.0. The summed E-state index contributed by atoms with van der Waals surface area (Å²) < 4.78 is 0. The molecule has 3 nitrogen and oxygen atoms in total. The first-order chi connectivity index (χ1) is 9.29. The van der Waals surface area contributed by atoms with Gasteiger partial charge in [0.25, 0.3) is 0 Å². The van der Waals surface area contributed by atoms with Gasteiger partial charge in [-0.05, 0) is 37.5 Å². The molecule has 2 N–H and O–H groups in total. The Labute approximate surface area is 115 Å². The van der Waals surface area contributed by atoms with Crippen LogP contribution >= 0.6 is 0 Å². The predicted molar refractivity (Wildman–Crippen MR) is 81.8 cm³/mol. The Bertz CT molecular complexity index is 523. The molecule has 100 valence electrons. The van der Waals surface area contributed by atoms with Crippen LogP contribution in [0, 0.1) is 6.92 Å². The van der Waals surface area contributed by atoms with Gasteiger partial charge >= 0.3 is 0 Å². The zero-order valence-corrected chi connectivity index (χ0v) is 11.6. The first-order valence-electron chi connectivity index (χ1n) is 6.78. The Morgan fingerprint density at radius 2 is 1.95 bits per heavy atom. The van der Waals surface area contributed by atoms with E-state index in [2.05, 4.69) is 53.7 Å². The first-order valence-corrected chi connectivity index (χ1v) is 6.78. The molecular weight excluding hydrogens is 234 g/mol. The summed E-state index contributed by atoms with van der Waals surface area (Å²) in [4.78, 5) is 4.26. The molecule has 0 radical (unpaired) electrons. The lowest BCUT2D eigenvalue weighted by Gasteiger charge is -2.09. The van der Waals surface area contributed by atoms with Gasteiger partial charge in [-0.15, -0.1) is 0 Å². The second-order valence-corrected chi connectivity index (χ2v) is 4.56. The van der Waals surface area contributed by atoms with Gasteiger partial charge in [-0.3, -0.25) is 0 Å². The van der Waals surface area contributed by atoms with Crippen LogP contribution in [0.2, 0.25) is 0 Å². The fourth-order valence-electron chi connectivity index (χ4n) is 2.05. The Kier molecular flexibility index (Phi) is 4.78. The molecule has 0 spiro atoms. The van der Waals surface area contributed by atoms with Crippen LogP contribution in [0.3, 0.4) is 0 Å². The van der Waals surface area contributed by atoms with Crippen LogP contribution in [0.5, 0.6) is 0 Å². The van der Waals surface area contributed by atoms with Gasteiger partial charge in [0, 0.05) is 31.0 Å². The van der Waals surface area contributed by atoms with E-state index in [4.69, 9.17) is 0 Å². The molecule has 0 unspecified atom stereocenters. The third kappa shape index (κ3) is 3.98. The third-order valence-corrected chi connectivity index (χ3v) is 3.10. The molecule has 0 fully saturated rings. The van der Waals surface area contributed by atoms with Crippen molar-refractivity contribution in [2.24, 2.45) is 0 Å². The van der Waals surface area contributed by atoms with Crippen molar-refractivity contribution in [3.05, 3.63) is 53.7 Å². The van der Waals surface area contributed by atoms with Crippen molar-refractivity contribution >= 4 is 11.5 Å². The minimum Gasteiger partial charge on any atom is -0.385 e. The lowest BCUT2D eigenvalue weighted by molar-refractivity contribution is 1.00. The van der Waals surface area contributed by atoms with Crippen LogP contribution in [0.1, 0.15) is 18.1 Å². The summed E-state index contributed by atoms with van der Waals surface area (Å²) in [6.45, 7) is 6.05. The molecule has 1 heterocycles. The van der Waals surface area contributed by atoms with Crippen LogP contribution in [0.15, 0.2) is 42.6 Å². The van der Waals surface area contributed by atoms with Gasteiger partial charge in [0.05, 0.1) is 0 Å². The summed E-state index contributed by atoms with van der Waals surface area (Å²) in [6.07, 6.45) is 2.86. The molecule has 0 aliphatic heterocycles. The van der Waals surface area contributed by atoms with Gasteiger partial charge < -0.3 is 10.6 Å². The van der Waals surface area contributed by atoms with E-state index < -0.39 is 0 Å². The van der Waals surface area contributed by atoms with E-state index in [-0.39, 0.29) is 0 Å². The van der Waals surface area contributed by atoms with E-state index in [0.29, 0.717) is 0 Å². The highest BCUT2D eigenvalue weighted by Gasteiger charge is 1.98. The van der Waals surface area contributed by atoms with Crippen molar-refractivity contribution in [2.45, 2.75) is 20.3 Å². The zero-order valence-electron chi connectivity index (χ0n) is 11.6. The number of anilines is 2. The summed E-state index contributed by atoms with van der Waals surface area (Å²) in [5, 5.41) is 6.65. The SMILES string of the molecule is CCNc1cc(NCCc2ccccc2C)ccn1. The molecule has 1 aromatic heterocycles. The van der Waals surface area contributed by atoms with E-state index >= 15 is 0 Å². The van der Waals surface area contributed by atoms with Gasteiger partial charge in [-0.25, -0.2) is 4.98 Å². The highest BCUT2D eigenvalue weighted by molar-refractivity contribution is 5.51. The Morgan fingerprint density at radius 1 is 1.11 bits per heavy atom. The second-order valence-electron chi connectivity index (χ2n) is 4.56. The minimum atomic E-state index is 0.889. The lowest BCUT2D eigenvalue weighted by atomic mass is 10.1. The molecule has 1 aromatic carbocycles. The molecule has 2 rings (SSSR count). The smallest absolute Gasteiger partial charge is 0.127 e. The van der Waals surface area contributed by atoms with Crippen molar-refractivity contribution in [2.75, 3.05) is 23.7 Å². The molecule has 0 amide bonds. The Morgan fingerprint density at radius 3 is 2.74 bits per heavy atom. The molecule has 19 heavy (non-hydrogen) atoms. The molecule has 0 aliphatic carbocycles. The van der Waals surface area contributed by atoms with Crippen molar-refractivity contribution in [3.63, 3.8) is 0 Å². The highest BCUT2D eigenvalue weighted by Crippen LogP contribution is 2.12. The number of nitrogens with one attached hydrogen (secondary N) is 2. The molecular formula is C16H21N3. The van der Waals surface area contributed by atoms with Crippen molar-refractivity contribution in [3.8, 4) is 0 Å². The number of benzene rings is 1. The van der Waals surface area contributed by atoms with Crippen molar-refractivity contribution in [1.82, 2.24) is 4.98 Å². The predicted octanol–water partition coefficient (Wildman–Crippen LogP) is 3.48. The number of hydrogen-bond donors (Lipinski definition) is 2. The number of hydrogen-bond acceptors (Lipinski definition) is 3. The van der Waals surface area contributed by atoms with E-state index in [1.54, 1.807) is 0 Å². The van der Waals surface area contributed by atoms with Crippen LogP contribution in [0.25, 0.3) is 0 Å². The van der Waals surface area contributed by atoms with Gasteiger partial charge in [-0.2, -0.15) is 0 Å². The summed E-state index contributed by atoms with van der Waals surface area (Å²) >= 11 is 0. The number of pyridine rings is 1. The monoisotopic (exact) mass is 255 g/mol. The molecule has 0 saturated heterocycles. The van der Waals surface area contributed by atoms with Crippen LogP contribution in [-0.4, -0.2) is 18.1 Å². The summed E-state index contributed by atoms with van der Waals surface area (Å²) in [5.74, 6) is 0.920. The fraction of sp³-hybridized carbons (Fsp3) is 0.312. The minimum absolute atomic E-state index is 0.889. The van der Waals surface area contributed by atoms with E-state index in [9.17, 15) is 0 Å². The first kappa shape index (κ1) is 13.4. The van der Waals surface area contributed by atoms with Gasteiger partial charge in [0.15, 0.2) is 0 Å². The maximum Gasteiger partial charge on any atom is 0.127 e. The average molecular weight is 255 g/mol. The molecule has 0 saturated carbocycles. The van der Waals surface area contributed by atoms with Crippen molar-refractivity contribution in [1.29, 1.82) is 0 Å². The van der Waals surface area contributed by atoms with Gasteiger partial charge in [0.2, 0.25) is 0 Å². The standard InChI is InChI=1S/C16H21N3/c1-3-17-16-12-15(9-11-19-16)18-10-8-14-7-5-4-6-13(14)2/h4-7,9,11-12H,3,8,10H2,1-2H3,(H2,17,18,19). The largest absolute Gasteiger partial charge is 0.385 e. The van der Waals surface area contributed by atoms with Gasteiger partial charge in [0.1, 0.15) is 5.82 Å². The summed E-state index contributed by atoms with van der Waals surface area (Å²) in [6, 6.07) is 12.6. The normalized spacial score (nSPS) is 10.2. The Hall–Kier alpha value is -2.03. The molecule has 3 heteroatoms. The van der Waals surface area contributed by atoms with Crippen LogP contribution in [-0.2, 0) is 6.42 Å². The van der Waals surface area contributed by atoms with Crippen LogP contribution in [0.4, 0.5) is 11.5 Å². The van der Waals surface area contributed by atoms with Gasteiger partial charge in [-0.1, -0.05) is 24.3 Å². The molecule has 2 aromatic rings. The molecule has 0 atom stereocenters. The van der Waals surface area contributed by atoms with Crippen LogP contribution < -0.4 is 10.6 Å². The zero-order chi connectivity index (χ0) is 13.5. The summed E-state index contributed by atoms with van der Waals surface area (Å²) in [7, 11) is 0. The average Bonchev–Trinajstić information content (AvgIpc) is 2.42. The summed E-state index contributed by atoms with van der Waals surface area (Å²) in [5.41, 5.74) is 3.86. The quantitative estimate of drug-likeness (QED) is 0.829. The number of aryl methyl sites for hydroxylation is 1. The lowest BCUT2D eigenvalue weighted by Crippen LogP contribution is -2.07. The van der Waals surface area contributed by atoms with E-state index in [1.807, 2.05) is 18.3 Å². The third-order valence-electron chi connectivity index (χ3n) is 3.10. The fourth-order valence-corrected chi connectivity index (χ4v) is 2.05. The van der Waals surface area contributed by atoms with E-state index in [1.165, 1.54) is 11.1 Å². The maximum absolute atomic E-state index is 4.26. The molecule has 0 aliphatic rings. The second kappa shape index (κ2) is 6.78. The molecule has 0 bridgehead atoms. The Balaban J connectivity index is 1.89. The van der Waals surface area contributed by atoms with E-state index in [0.717, 1.165) is 31.0 Å². The maximum atomic E-state index is 4.26. The number of rotatable bonds is 6. The number of aromatic nitrogens is 1. The topological polar surface area (TPSA) is 37.0 Å². The number of nitrogens with zero attached hydrogens (tertiary/aromatic N) is 1. The van der Waals surface area contributed by atoms with Crippen molar-refractivity contribution < 1.29 is 0 Å².